The molecule has 2 saturated heterocycles. The predicted octanol–water partition coefficient (Wildman–Crippen LogP) is 2.49. The van der Waals surface area contributed by atoms with E-state index >= 15 is 0 Å². The molecule has 2 aliphatic heterocycles. The number of carbonyl (C=O) groups is 2. The largest absolute Gasteiger partial charge is 0.444 e. The third-order valence-electron chi connectivity index (χ3n) is 5.31. The highest BCUT2D eigenvalue weighted by Crippen LogP contribution is 2.32. The van der Waals surface area contributed by atoms with Crippen molar-refractivity contribution in [2.45, 2.75) is 32.3 Å². The summed E-state index contributed by atoms with van der Waals surface area (Å²) >= 11 is 5.04. The first kappa shape index (κ1) is 22.4. The molecule has 0 radical (unpaired) electrons. The summed E-state index contributed by atoms with van der Waals surface area (Å²) in [7, 11) is 0. The van der Waals surface area contributed by atoms with Gasteiger partial charge in [0, 0.05) is 38.3 Å². The third-order valence-corrected chi connectivity index (χ3v) is 5.51. The number of amides is 2. The quantitative estimate of drug-likeness (QED) is 0.684. The van der Waals surface area contributed by atoms with Gasteiger partial charge in [0.25, 0.3) is 0 Å². The summed E-state index contributed by atoms with van der Waals surface area (Å²) < 4.78 is 35.0. The molecule has 2 aliphatic rings. The summed E-state index contributed by atoms with van der Waals surface area (Å²) in [4.78, 5) is 28.9. The Morgan fingerprint density at radius 1 is 1.23 bits per heavy atom. The number of aliphatic hydroxyl groups is 1. The lowest BCUT2D eigenvalue weighted by Crippen LogP contribution is -2.37. The van der Waals surface area contributed by atoms with Crippen LogP contribution in [0, 0.1) is 11.6 Å². The van der Waals surface area contributed by atoms with E-state index in [0.717, 1.165) is 17.0 Å². The van der Waals surface area contributed by atoms with E-state index in [0.29, 0.717) is 32.4 Å². The van der Waals surface area contributed by atoms with Crippen molar-refractivity contribution in [3.8, 4) is 0 Å². The van der Waals surface area contributed by atoms with E-state index in [1.807, 2.05) is 6.92 Å². The summed E-state index contributed by atoms with van der Waals surface area (Å²) in [5, 5.41) is 9.01. The normalized spacial score (nSPS) is 19.7. The molecule has 10 heteroatoms. The standard InChI is InChI=1S/C20H25F2N3O4S/c1-13(30)3-4-15-11-25(20(28)29-15)14-9-16(21)19(17(22)10-14)24-6-2-5-23(7-8-24)18(27)12-26/h9-10,15,26H,2-8,11-12H2,1H3/t15-/m0/s1. The van der Waals surface area contributed by atoms with Gasteiger partial charge in [0.2, 0.25) is 5.91 Å². The summed E-state index contributed by atoms with van der Waals surface area (Å²) in [6.45, 7) is 2.72. The van der Waals surface area contributed by atoms with E-state index in [4.69, 9.17) is 22.1 Å². The number of ether oxygens (including phenoxy) is 1. The molecule has 1 atom stereocenters. The zero-order valence-corrected chi connectivity index (χ0v) is 17.6. The Bertz CT molecular complexity index is 815. The van der Waals surface area contributed by atoms with Crippen molar-refractivity contribution >= 4 is 40.5 Å². The molecule has 0 spiro atoms. The average Bonchev–Trinajstić information content (AvgIpc) is 2.90. The van der Waals surface area contributed by atoms with Crippen molar-refractivity contribution in [3.05, 3.63) is 23.8 Å². The summed E-state index contributed by atoms with van der Waals surface area (Å²) in [5.41, 5.74) is -0.0790. The zero-order chi connectivity index (χ0) is 21.8. The van der Waals surface area contributed by atoms with Gasteiger partial charge in [-0.15, -0.1) is 0 Å². The molecule has 164 valence electrons. The maximum Gasteiger partial charge on any atom is 0.414 e. The Labute approximate surface area is 179 Å². The fourth-order valence-corrected chi connectivity index (χ4v) is 3.87. The van der Waals surface area contributed by atoms with Crippen LogP contribution in [0.1, 0.15) is 26.2 Å². The molecule has 0 aromatic heterocycles. The Hall–Kier alpha value is -2.33. The Kier molecular flexibility index (Phi) is 7.19. The maximum absolute atomic E-state index is 14.9. The number of cyclic esters (lactones) is 1. The van der Waals surface area contributed by atoms with Crippen molar-refractivity contribution < 1.29 is 28.2 Å². The number of hydrogen-bond donors (Lipinski definition) is 1. The first-order valence-electron chi connectivity index (χ1n) is 9.90. The van der Waals surface area contributed by atoms with Gasteiger partial charge >= 0.3 is 6.09 Å². The molecule has 2 heterocycles. The fourth-order valence-electron chi connectivity index (χ4n) is 3.75. The van der Waals surface area contributed by atoms with Gasteiger partial charge in [-0.1, -0.05) is 12.2 Å². The topological polar surface area (TPSA) is 73.3 Å². The number of rotatable bonds is 6. The molecule has 1 aromatic rings. The molecule has 1 aromatic carbocycles. The van der Waals surface area contributed by atoms with Gasteiger partial charge < -0.3 is 19.6 Å². The van der Waals surface area contributed by atoms with Gasteiger partial charge in [-0.3, -0.25) is 9.69 Å². The van der Waals surface area contributed by atoms with Crippen LogP contribution in [0.2, 0.25) is 0 Å². The van der Waals surface area contributed by atoms with Crippen LogP contribution in [0.5, 0.6) is 0 Å². The monoisotopic (exact) mass is 441 g/mol. The molecule has 3 rings (SSSR count). The molecule has 30 heavy (non-hydrogen) atoms. The second kappa shape index (κ2) is 9.65. The van der Waals surface area contributed by atoms with Crippen molar-refractivity contribution in [2.75, 3.05) is 49.1 Å². The van der Waals surface area contributed by atoms with Crippen LogP contribution in [0.15, 0.2) is 12.1 Å². The van der Waals surface area contributed by atoms with Gasteiger partial charge in [-0.05, 0) is 31.1 Å². The number of benzene rings is 1. The molecule has 1 N–H and O–H groups in total. The van der Waals surface area contributed by atoms with E-state index in [1.165, 1.54) is 9.80 Å². The Morgan fingerprint density at radius 3 is 2.57 bits per heavy atom. The number of carbonyl (C=O) groups excluding carboxylic acids is 2. The van der Waals surface area contributed by atoms with Crippen molar-refractivity contribution in [3.63, 3.8) is 0 Å². The summed E-state index contributed by atoms with van der Waals surface area (Å²) in [6.07, 6.45) is 0.708. The minimum absolute atomic E-state index is 0.104. The molecule has 0 saturated carbocycles. The zero-order valence-electron chi connectivity index (χ0n) is 16.8. The van der Waals surface area contributed by atoms with Crippen molar-refractivity contribution in [1.82, 2.24) is 4.90 Å². The second-order valence-corrected chi connectivity index (χ2v) is 8.19. The van der Waals surface area contributed by atoms with Gasteiger partial charge in [-0.25, -0.2) is 13.6 Å². The third kappa shape index (κ3) is 5.04. The molecule has 2 fully saturated rings. The Balaban J connectivity index is 1.73. The molecular weight excluding hydrogens is 416 g/mol. The van der Waals surface area contributed by atoms with E-state index in [9.17, 15) is 18.4 Å². The summed E-state index contributed by atoms with van der Waals surface area (Å²) in [6, 6.07) is 2.27. The van der Waals surface area contributed by atoms with E-state index < -0.39 is 30.2 Å². The summed E-state index contributed by atoms with van der Waals surface area (Å²) in [5.74, 6) is -1.96. The smallest absolute Gasteiger partial charge is 0.414 e. The van der Waals surface area contributed by atoms with Gasteiger partial charge in [0.15, 0.2) is 11.6 Å². The Morgan fingerprint density at radius 2 is 1.93 bits per heavy atom. The predicted molar refractivity (Wildman–Crippen MR) is 112 cm³/mol. The number of halogens is 2. The molecule has 7 nitrogen and oxygen atoms in total. The lowest BCUT2D eigenvalue weighted by Gasteiger charge is -2.25. The number of thiocarbonyl (C=S) groups is 1. The van der Waals surface area contributed by atoms with Crippen LogP contribution in [-0.4, -0.2) is 72.3 Å². The van der Waals surface area contributed by atoms with Gasteiger partial charge in [0.1, 0.15) is 18.4 Å². The van der Waals surface area contributed by atoms with E-state index in [1.54, 1.807) is 4.90 Å². The van der Waals surface area contributed by atoms with Gasteiger partial charge in [-0.2, -0.15) is 0 Å². The van der Waals surface area contributed by atoms with E-state index in [-0.39, 0.29) is 37.1 Å². The van der Waals surface area contributed by atoms with Crippen LogP contribution in [-0.2, 0) is 9.53 Å². The lowest BCUT2D eigenvalue weighted by molar-refractivity contribution is -0.133. The number of hydrogen-bond acceptors (Lipinski definition) is 6. The van der Waals surface area contributed by atoms with Crippen LogP contribution < -0.4 is 9.80 Å². The van der Waals surface area contributed by atoms with Crippen molar-refractivity contribution in [1.29, 1.82) is 0 Å². The molecule has 0 unspecified atom stereocenters. The van der Waals surface area contributed by atoms with E-state index in [2.05, 4.69) is 0 Å². The molecule has 0 aliphatic carbocycles. The van der Waals surface area contributed by atoms with Crippen LogP contribution in [0.4, 0.5) is 25.0 Å². The van der Waals surface area contributed by atoms with Crippen molar-refractivity contribution in [2.24, 2.45) is 0 Å². The fraction of sp³-hybridized carbons (Fsp3) is 0.550. The maximum atomic E-state index is 14.9. The SMILES string of the molecule is CC(=S)CC[C@H]1CN(c2cc(F)c(N3CCCN(C(=O)CO)CC3)c(F)c2)C(=O)O1. The number of aliphatic hydroxyl groups excluding tert-OH is 1. The lowest BCUT2D eigenvalue weighted by atomic mass is 10.1. The number of nitrogens with zero attached hydrogens (tertiary/aromatic N) is 3. The highest BCUT2D eigenvalue weighted by Gasteiger charge is 2.33. The van der Waals surface area contributed by atoms with Gasteiger partial charge in [0.05, 0.1) is 12.2 Å². The first-order chi connectivity index (χ1) is 14.3. The number of anilines is 2. The first-order valence-corrected chi connectivity index (χ1v) is 10.3. The molecule has 2 amide bonds. The minimum Gasteiger partial charge on any atom is -0.444 e. The van der Waals surface area contributed by atoms with Crippen LogP contribution in [0.25, 0.3) is 0 Å². The van der Waals surface area contributed by atoms with Crippen LogP contribution in [0.3, 0.4) is 0 Å². The minimum atomic E-state index is -0.780. The second-order valence-electron chi connectivity index (χ2n) is 7.49. The average molecular weight is 442 g/mol. The molecular formula is C20H25F2N3O4S. The highest BCUT2D eigenvalue weighted by atomic mass is 32.1. The van der Waals surface area contributed by atoms with Crippen LogP contribution >= 0.6 is 12.2 Å². The molecule has 0 bridgehead atoms. The highest BCUT2D eigenvalue weighted by molar-refractivity contribution is 7.80.